The van der Waals surface area contributed by atoms with Crippen molar-refractivity contribution < 1.29 is 18.0 Å². The Labute approximate surface area is 153 Å². The Bertz CT molecular complexity index is 574. The molecule has 1 aromatic carbocycles. The molecule has 1 aliphatic heterocycles. The van der Waals surface area contributed by atoms with Crippen LogP contribution in [-0.4, -0.2) is 30.4 Å². The molecular weight excluding hydrogens is 341 g/mol. The summed E-state index contributed by atoms with van der Waals surface area (Å²) < 4.78 is 38.4. The zero-order valence-corrected chi connectivity index (χ0v) is 15.2. The molecule has 3 nitrogen and oxygen atoms in total. The van der Waals surface area contributed by atoms with E-state index >= 15 is 0 Å². The third-order valence-corrected chi connectivity index (χ3v) is 5.06. The van der Waals surface area contributed by atoms with Gasteiger partial charge < -0.3 is 10.6 Å². The van der Waals surface area contributed by atoms with E-state index < -0.39 is 11.7 Å². The lowest BCUT2D eigenvalue weighted by atomic mass is 9.91. The molecule has 2 rings (SSSR count). The van der Waals surface area contributed by atoms with Gasteiger partial charge >= 0.3 is 6.18 Å². The van der Waals surface area contributed by atoms with E-state index in [0.717, 1.165) is 57.7 Å². The SMILES string of the molecule is NCCCCCC(=O)N1CCC[C@H](CCc2cccc(C(F)(F)F)c2)C1. The zero-order valence-electron chi connectivity index (χ0n) is 15.2. The molecule has 6 heteroatoms. The summed E-state index contributed by atoms with van der Waals surface area (Å²) in [6, 6.07) is 5.56. The topological polar surface area (TPSA) is 46.3 Å². The Morgan fingerprint density at radius 1 is 1.23 bits per heavy atom. The Balaban J connectivity index is 1.80. The zero-order chi connectivity index (χ0) is 19.0. The molecular formula is C20H29F3N2O. The third-order valence-electron chi connectivity index (χ3n) is 5.06. The number of nitrogens with two attached hydrogens (primary N) is 1. The van der Waals surface area contributed by atoms with Gasteiger partial charge in [-0.3, -0.25) is 4.79 Å². The molecule has 1 aliphatic rings. The number of aryl methyl sites for hydroxylation is 1. The standard InChI is InChI=1S/C20H29F3N2O/c21-20(22,23)18-8-4-6-16(14-18)10-11-17-7-5-13-25(15-17)19(26)9-2-1-3-12-24/h4,6,8,14,17H,1-3,5,7,9-13,15,24H2/t17-/m1/s1. The first-order valence-electron chi connectivity index (χ1n) is 9.54. The Morgan fingerprint density at radius 3 is 2.77 bits per heavy atom. The number of hydrogen-bond donors (Lipinski definition) is 1. The molecule has 1 atom stereocenters. The second kappa shape index (κ2) is 9.95. The van der Waals surface area contributed by atoms with Crippen LogP contribution in [0.4, 0.5) is 13.2 Å². The lowest BCUT2D eigenvalue weighted by Crippen LogP contribution is -2.39. The second-order valence-corrected chi connectivity index (χ2v) is 7.18. The number of rotatable bonds is 8. The third kappa shape index (κ3) is 6.63. The van der Waals surface area contributed by atoms with Gasteiger partial charge in [-0.1, -0.05) is 24.6 Å². The molecule has 1 fully saturated rings. The minimum Gasteiger partial charge on any atom is -0.342 e. The number of alkyl halides is 3. The normalized spacial score (nSPS) is 18.2. The molecule has 26 heavy (non-hydrogen) atoms. The lowest BCUT2D eigenvalue weighted by Gasteiger charge is -2.33. The minimum atomic E-state index is -4.30. The van der Waals surface area contributed by atoms with Gasteiger partial charge in [0.25, 0.3) is 0 Å². The van der Waals surface area contributed by atoms with Crippen LogP contribution in [0.3, 0.4) is 0 Å². The molecule has 2 N–H and O–H groups in total. The highest BCUT2D eigenvalue weighted by Gasteiger charge is 2.30. The van der Waals surface area contributed by atoms with Crippen molar-refractivity contribution in [3.8, 4) is 0 Å². The molecule has 0 bridgehead atoms. The first-order valence-corrected chi connectivity index (χ1v) is 9.54. The van der Waals surface area contributed by atoms with Crippen LogP contribution >= 0.6 is 0 Å². The van der Waals surface area contributed by atoms with Crippen molar-refractivity contribution >= 4 is 5.91 Å². The fourth-order valence-corrected chi connectivity index (χ4v) is 3.56. The molecule has 0 aliphatic carbocycles. The first-order chi connectivity index (χ1) is 12.4. The smallest absolute Gasteiger partial charge is 0.342 e. The van der Waals surface area contributed by atoms with E-state index in [0.29, 0.717) is 30.9 Å². The van der Waals surface area contributed by atoms with E-state index in [4.69, 9.17) is 5.73 Å². The number of unbranched alkanes of at least 4 members (excludes halogenated alkanes) is 2. The maximum absolute atomic E-state index is 12.8. The Hall–Kier alpha value is -1.56. The number of amides is 1. The molecule has 0 saturated carbocycles. The summed E-state index contributed by atoms with van der Waals surface area (Å²) in [4.78, 5) is 14.2. The predicted molar refractivity (Wildman–Crippen MR) is 96.6 cm³/mol. The average Bonchev–Trinajstić information content (AvgIpc) is 2.63. The maximum Gasteiger partial charge on any atom is 0.416 e. The van der Waals surface area contributed by atoms with Crippen molar-refractivity contribution in [3.63, 3.8) is 0 Å². The first kappa shape index (κ1) is 20.7. The van der Waals surface area contributed by atoms with Gasteiger partial charge in [0.15, 0.2) is 0 Å². The molecule has 0 aromatic heterocycles. The molecule has 1 aromatic rings. The molecule has 0 radical (unpaired) electrons. The van der Waals surface area contributed by atoms with Gasteiger partial charge in [0.1, 0.15) is 0 Å². The van der Waals surface area contributed by atoms with Crippen LogP contribution in [0.1, 0.15) is 56.1 Å². The number of likely N-dealkylation sites (tertiary alicyclic amines) is 1. The highest BCUT2D eigenvalue weighted by atomic mass is 19.4. The Kier molecular flexibility index (Phi) is 7.94. The number of piperidine rings is 1. The van der Waals surface area contributed by atoms with E-state index in [1.54, 1.807) is 6.07 Å². The summed E-state index contributed by atoms with van der Waals surface area (Å²) in [5, 5.41) is 0. The van der Waals surface area contributed by atoms with Crippen LogP contribution < -0.4 is 5.73 Å². The van der Waals surface area contributed by atoms with Gasteiger partial charge in [-0.05, 0) is 62.6 Å². The quantitative estimate of drug-likeness (QED) is 0.690. The van der Waals surface area contributed by atoms with E-state index in [1.807, 2.05) is 4.90 Å². The van der Waals surface area contributed by atoms with Crippen molar-refractivity contribution in [3.05, 3.63) is 35.4 Å². The van der Waals surface area contributed by atoms with Crippen LogP contribution in [-0.2, 0) is 17.4 Å². The van der Waals surface area contributed by atoms with Gasteiger partial charge in [-0.2, -0.15) is 13.2 Å². The number of nitrogens with zero attached hydrogens (tertiary/aromatic N) is 1. The Morgan fingerprint density at radius 2 is 2.04 bits per heavy atom. The van der Waals surface area contributed by atoms with Gasteiger partial charge in [0, 0.05) is 19.5 Å². The minimum absolute atomic E-state index is 0.200. The highest BCUT2D eigenvalue weighted by Crippen LogP contribution is 2.30. The van der Waals surface area contributed by atoms with Crippen LogP contribution in [0.15, 0.2) is 24.3 Å². The van der Waals surface area contributed by atoms with Gasteiger partial charge in [0.2, 0.25) is 5.91 Å². The van der Waals surface area contributed by atoms with Gasteiger partial charge in [-0.25, -0.2) is 0 Å². The number of benzene rings is 1. The summed E-state index contributed by atoms with van der Waals surface area (Å²) in [5.41, 5.74) is 5.59. The number of hydrogen-bond acceptors (Lipinski definition) is 2. The van der Waals surface area contributed by atoms with Crippen molar-refractivity contribution in [2.75, 3.05) is 19.6 Å². The summed E-state index contributed by atoms with van der Waals surface area (Å²) in [6.07, 6.45) is 2.53. The van der Waals surface area contributed by atoms with Crippen molar-refractivity contribution in [1.82, 2.24) is 4.90 Å². The van der Waals surface area contributed by atoms with E-state index in [1.165, 1.54) is 12.1 Å². The van der Waals surface area contributed by atoms with Crippen molar-refractivity contribution in [2.24, 2.45) is 11.7 Å². The van der Waals surface area contributed by atoms with Crippen LogP contribution in [0.5, 0.6) is 0 Å². The van der Waals surface area contributed by atoms with Crippen molar-refractivity contribution in [2.45, 2.75) is 57.5 Å². The maximum atomic E-state index is 12.8. The summed E-state index contributed by atoms with van der Waals surface area (Å²) in [7, 11) is 0. The molecule has 0 unspecified atom stereocenters. The lowest BCUT2D eigenvalue weighted by molar-refractivity contribution is -0.137. The summed E-state index contributed by atoms with van der Waals surface area (Å²) in [5.74, 6) is 0.567. The molecule has 1 amide bonds. The average molecular weight is 370 g/mol. The fourth-order valence-electron chi connectivity index (χ4n) is 3.56. The van der Waals surface area contributed by atoms with E-state index in [-0.39, 0.29) is 5.91 Å². The molecule has 0 spiro atoms. The largest absolute Gasteiger partial charge is 0.416 e. The number of carbonyl (C=O) groups excluding carboxylic acids is 1. The monoisotopic (exact) mass is 370 g/mol. The van der Waals surface area contributed by atoms with E-state index in [9.17, 15) is 18.0 Å². The van der Waals surface area contributed by atoms with Crippen molar-refractivity contribution in [1.29, 1.82) is 0 Å². The van der Waals surface area contributed by atoms with Gasteiger partial charge in [-0.15, -0.1) is 0 Å². The van der Waals surface area contributed by atoms with Gasteiger partial charge in [0.05, 0.1) is 5.56 Å². The number of halogens is 3. The summed E-state index contributed by atoms with van der Waals surface area (Å²) in [6.45, 7) is 2.19. The highest BCUT2D eigenvalue weighted by molar-refractivity contribution is 5.76. The van der Waals surface area contributed by atoms with Crippen LogP contribution in [0.2, 0.25) is 0 Å². The molecule has 1 saturated heterocycles. The fraction of sp³-hybridized carbons (Fsp3) is 0.650. The second-order valence-electron chi connectivity index (χ2n) is 7.18. The van der Waals surface area contributed by atoms with Crippen LogP contribution in [0.25, 0.3) is 0 Å². The van der Waals surface area contributed by atoms with Crippen LogP contribution in [0, 0.1) is 5.92 Å². The molecule has 1 heterocycles. The predicted octanol–water partition coefficient (Wildman–Crippen LogP) is 4.40. The van der Waals surface area contributed by atoms with E-state index in [2.05, 4.69) is 0 Å². The molecule has 146 valence electrons. The number of carbonyl (C=O) groups is 1. The summed E-state index contributed by atoms with van der Waals surface area (Å²) >= 11 is 0.